The van der Waals surface area contributed by atoms with E-state index in [9.17, 15) is 14.7 Å². The van der Waals surface area contributed by atoms with Gasteiger partial charge in [0.15, 0.2) is 0 Å². The van der Waals surface area contributed by atoms with Crippen LogP contribution in [0.1, 0.15) is 37.7 Å². The molecule has 2 fully saturated rings. The molecular weight excluding hydrogens is 437 g/mol. The van der Waals surface area contributed by atoms with E-state index < -0.39 is 6.10 Å². The number of aliphatic hydroxyl groups excluding tert-OH is 1. The minimum Gasteiger partial charge on any atom is -0.392 e. The van der Waals surface area contributed by atoms with Crippen LogP contribution in [0.5, 0.6) is 0 Å². The third-order valence-corrected chi connectivity index (χ3v) is 6.65. The van der Waals surface area contributed by atoms with Gasteiger partial charge >= 0.3 is 0 Å². The number of amides is 2. The molecule has 2 heterocycles. The number of aliphatic hydroxyl groups is 1. The van der Waals surface area contributed by atoms with Crippen molar-refractivity contribution in [3.63, 3.8) is 0 Å². The lowest BCUT2D eigenvalue weighted by molar-refractivity contribution is -0.130. The molecule has 1 atom stereocenters. The summed E-state index contributed by atoms with van der Waals surface area (Å²) >= 11 is 11.9. The molecule has 2 saturated heterocycles. The second-order valence-electron chi connectivity index (χ2n) is 8.27. The average Bonchev–Trinajstić information content (AvgIpc) is 2.95. The van der Waals surface area contributed by atoms with Crippen LogP contribution in [0.4, 0.5) is 0 Å². The zero-order valence-electron chi connectivity index (χ0n) is 17.8. The van der Waals surface area contributed by atoms with Gasteiger partial charge in [0.25, 0.3) is 0 Å². The smallest absolute Gasteiger partial charge is 0.246 e. The predicted octanol–water partition coefficient (Wildman–Crippen LogP) is 3.30. The first-order chi connectivity index (χ1) is 14.9. The number of benzene rings is 1. The third kappa shape index (κ3) is 7.49. The molecule has 1 aromatic carbocycles. The Morgan fingerprint density at radius 3 is 2.58 bits per heavy atom. The summed E-state index contributed by atoms with van der Waals surface area (Å²) in [5.74, 6) is -0.0974. The molecule has 2 amide bonds. The summed E-state index contributed by atoms with van der Waals surface area (Å²) in [7, 11) is 0. The van der Waals surface area contributed by atoms with Crippen molar-refractivity contribution < 1.29 is 14.7 Å². The SMILES string of the molecule is O=C(C=Cc1ccc(Cl)c(Cl)c1)N1CCC(=O)N(CCC(O)CN2CCCCC2)CC1. The van der Waals surface area contributed by atoms with E-state index in [1.165, 1.54) is 25.3 Å². The lowest BCUT2D eigenvalue weighted by Gasteiger charge is -2.29. The van der Waals surface area contributed by atoms with Crippen LogP contribution in [0.25, 0.3) is 6.08 Å². The summed E-state index contributed by atoms with van der Waals surface area (Å²) in [6, 6.07) is 5.19. The number of piperidine rings is 1. The van der Waals surface area contributed by atoms with Crippen LogP contribution >= 0.6 is 23.2 Å². The Labute approximate surface area is 194 Å². The number of nitrogens with zero attached hydrogens (tertiary/aromatic N) is 3. The van der Waals surface area contributed by atoms with Crippen molar-refractivity contribution in [2.45, 2.75) is 38.2 Å². The minimum absolute atomic E-state index is 0.0361. The zero-order valence-corrected chi connectivity index (χ0v) is 19.3. The Hall–Kier alpha value is -1.60. The molecule has 170 valence electrons. The van der Waals surface area contributed by atoms with Gasteiger partial charge in [-0.25, -0.2) is 0 Å². The van der Waals surface area contributed by atoms with Crippen LogP contribution in [0.15, 0.2) is 24.3 Å². The number of rotatable bonds is 7. The van der Waals surface area contributed by atoms with Crippen molar-refractivity contribution in [3.05, 3.63) is 39.9 Å². The quantitative estimate of drug-likeness (QED) is 0.624. The van der Waals surface area contributed by atoms with Gasteiger partial charge < -0.3 is 19.8 Å². The molecule has 0 aromatic heterocycles. The van der Waals surface area contributed by atoms with Crippen LogP contribution in [0.2, 0.25) is 10.0 Å². The lowest BCUT2D eigenvalue weighted by Crippen LogP contribution is -2.40. The molecule has 8 heteroatoms. The molecule has 31 heavy (non-hydrogen) atoms. The van der Waals surface area contributed by atoms with Gasteiger partial charge in [-0.3, -0.25) is 9.59 Å². The largest absolute Gasteiger partial charge is 0.392 e. The lowest BCUT2D eigenvalue weighted by atomic mass is 10.1. The van der Waals surface area contributed by atoms with Crippen molar-refractivity contribution in [2.24, 2.45) is 0 Å². The van der Waals surface area contributed by atoms with Crippen LogP contribution in [-0.4, -0.2) is 83.5 Å². The maximum absolute atomic E-state index is 12.6. The molecule has 1 unspecified atom stereocenters. The monoisotopic (exact) mass is 467 g/mol. The number of likely N-dealkylation sites (tertiary alicyclic amines) is 1. The molecule has 2 aliphatic rings. The first kappa shape index (κ1) is 24.1. The van der Waals surface area contributed by atoms with Crippen LogP contribution in [0.3, 0.4) is 0 Å². The Kier molecular flexibility index (Phi) is 9.20. The van der Waals surface area contributed by atoms with Crippen molar-refractivity contribution in [3.8, 4) is 0 Å². The highest BCUT2D eigenvalue weighted by Gasteiger charge is 2.24. The highest BCUT2D eigenvalue weighted by Crippen LogP contribution is 2.23. The second kappa shape index (κ2) is 11.9. The molecule has 0 bridgehead atoms. The molecule has 6 nitrogen and oxygen atoms in total. The number of hydrogen-bond acceptors (Lipinski definition) is 4. The first-order valence-electron chi connectivity index (χ1n) is 11.0. The fraction of sp³-hybridized carbons (Fsp3) is 0.565. The summed E-state index contributed by atoms with van der Waals surface area (Å²) in [4.78, 5) is 30.8. The van der Waals surface area contributed by atoms with E-state index in [-0.39, 0.29) is 11.8 Å². The molecule has 0 aliphatic carbocycles. The number of carbonyl (C=O) groups excluding carboxylic acids is 2. The summed E-state index contributed by atoms with van der Waals surface area (Å²) in [6.45, 7) is 4.66. The van der Waals surface area contributed by atoms with Gasteiger partial charge in [-0.1, -0.05) is 35.7 Å². The van der Waals surface area contributed by atoms with Gasteiger partial charge in [0.1, 0.15) is 0 Å². The topological polar surface area (TPSA) is 64.1 Å². The summed E-state index contributed by atoms with van der Waals surface area (Å²) in [5.41, 5.74) is 0.790. The van der Waals surface area contributed by atoms with E-state index in [2.05, 4.69) is 4.90 Å². The zero-order chi connectivity index (χ0) is 22.2. The van der Waals surface area contributed by atoms with Gasteiger partial charge in [0, 0.05) is 45.2 Å². The summed E-state index contributed by atoms with van der Waals surface area (Å²) in [6.07, 6.45) is 7.30. The van der Waals surface area contributed by atoms with E-state index in [1.54, 1.807) is 34.1 Å². The third-order valence-electron chi connectivity index (χ3n) is 5.91. The second-order valence-corrected chi connectivity index (χ2v) is 9.08. The Morgan fingerprint density at radius 2 is 1.84 bits per heavy atom. The fourth-order valence-corrected chi connectivity index (χ4v) is 4.36. The van der Waals surface area contributed by atoms with Crippen LogP contribution in [0, 0.1) is 0 Å². The number of carbonyl (C=O) groups is 2. The number of halogens is 2. The van der Waals surface area contributed by atoms with E-state index in [1.807, 2.05) is 0 Å². The van der Waals surface area contributed by atoms with Gasteiger partial charge in [0.2, 0.25) is 11.8 Å². The minimum atomic E-state index is -0.430. The van der Waals surface area contributed by atoms with Gasteiger partial charge in [-0.05, 0) is 56.1 Å². The predicted molar refractivity (Wildman–Crippen MR) is 124 cm³/mol. The highest BCUT2D eigenvalue weighted by molar-refractivity contribution is 6.42. The van der Waals surface area contributed by atoms with Crippen molar-refractivity contribution in [2.75, 3.05) is 45.8 Å². The Bertz CT molecular complexity index is 796. The summed E-state index contributed by atoms with van der Waals surface area (Å²) < 4.78 is 0. The number of hydrogen-bond donors (Lipinski definition) is 1. The molecule has 2 aliphatic heterocycles. The van der Waals surface area contributed by atoms with E-state index >= 15 is 0 Å². The highest BCUT2D eigenvalue weighted by atomic mass is 35.5. The maximum atomic E-state index is 12.6. The van der Waals surface area contributed by atoms with E-state index in [0.29, 0.717) is 55.6 Å². The summed E-state index contributed by atoms with van der Waals surface area (Å²) in [5, 5.41) is 11.3. The number of β-amino-alcohol motifs (C(OH)–C–C–N with tert-alkyl or cyclic N) is 1. The normalized spacial score (nSPS) is 19.6. The van der Waals surface area contributed by atoms with Gasteiger partial charge in [0.05, 0.1) is 16.1 Å². The molecule has 3 rings (SSSR count). The average molecular weight is 468 g/mol. The molecule has 0 radical (unpaired) electrons. The fourth-order valence-electron chi connectivity index (χ4n) is 4.05. The van der Waals surface area contributed by atoms with Crippen LogP contribution < -0.4 is 0 Å². The maximum Gasteiger partial charge on any atom is 0.246 e. The Morgan fingerprint density at radius 1 is 1.06 bits per heavy atom. The van der Waals surface area contributed by atoms with Crippen molar-refractivity contribution in [1.29, 1.82) is 0 Å². The molecule has 0 saturated carbocycles. The Balaban J connectivity index is 1.46. The molecule has 1 N–H and O–H groups in total. The van der Waals surface area contributed by atoms with Gasteiger partial charge in [-0.2, -0.15) is 0 Å². The van der Waals surface area contributed by atoms with Crippen LogP contribution in [-0.2, 0) is 9.59 Å². The standard InChI is InChI=1S/C23H31Cl2N3O3/c24-20-6-4-18(16-21(20)25)5-7-22(30)28-13-9-23(31)27(14-15-28)12-8-19(29)17-26-10-2-1-3-11-26/h4-7,16,19,29H,1-3,8-15,17H2. The van der Waals surface area contributed by atoms with Crippen molar-refractivity contribution >= 4 is 41.1 Å². The molecule has 0 spiro atoms. The molecular formula is C23H31Cl2N3O3. The first-order valence-corrected chi connectivity index (χ1v) is 11.8. The van der Waals surface area contributed by atoms with Crippen molar-refractivity contribution in [1.82, 2.24) is 14.7 Å². The van der Waals surface area contributed by atoms with E-state index in [0.717, 1.165) is 18.7 Å². The van der Waals surface area contributed by atoms with Gasteiger partial charge in [-0.15, -0.1) is 0 Å². The molecule has 1 aromatic rings. The van der Waals surface area contributed by atoms with E-state index in [4.69, 9.17) is 23.2 Å².